The van der Waals surface area contributed by atoms with Gasteiger partial charge in [-0.25, -0.2) is 9.78 Å². The topological polar surface area (TPSA) is 185 Å². The van der Waals surface area contributed by atoms with E-state index in [2.05, 4.69) is 0 Å². The Kier molecular flexibility index (Phi) is 19.5. The van der Waals surface area contributed by atoms with E-state index in [0.29, 0.717) is 31.3 Å². The van der Waals surface area contributed by atoms with E-state index in [1.807, 2.05) is 53.0 Å². The van der Waals surface area contributed by atoms with Crippen molar-refractivity contribution in [3.05, 3.63) is 63.7 Å². The number of hydrogen-bond donors (Lipinski definition) is 4. The van der Waals surface area contributed by atoms with Crippen LogP contribution in [0.25, 0.3) is 0 Å². The number of thiazole rings is 1. The fraction of sp³-hybridized carbons (Fsp3) is 0.714. The van der Waals surface area contributed by atoms with Crippen LogP contribution >= 0.6 is 11.3 Å². The number of allylic oxidation sites excluding steroid dienone is 5. The van der Waals surface area contributed by atoms with Crippen LogP contribution in [-0.4, -0.2) is 98.1 Å². The predicted octanol–water partition coefficient (Wildman–Crippen LogP) is 7.76. The molecule has 0 aliphatic carbocycles. The van der Waals surface area contributed by atoms with Gasteiger partial charge in [-0.15, -0.1) is 11.3 Å². The molecule has 1 unspecified atom stereocenters. The summed E-state index contributed by atoms with van der Waals surface area (Å²) in [6, 6.07) is 0. The number of Topliss-reactive ketones (excluding diaryl/α,β-unsaturated/α-hetero) is 1. The van der Waals surface area contributed by atoms with Crippen LogP contribution < -0.4 is 0 Å². The maximum Gasteiger partial charge on any atom is 0.350 e. The molecule has 1 aromatic rings. The summed E-state index contributed by atoms with van der Waals surface area (Å²) in [5, 5.41) is 48.8. The number of carbonyl (C=O) groups is 3. The lowest BCUT2D eigenvalue weighted by molar-refractivity contribution is -0.195. The molecule has 62 heavy (non-hydrogen) atoms. The molecule has 350 valence electrons. The smallest absolute Gasteiger partial charge is 0.350 e. The van der Waals surface area contributed by atoms with E-state index in [1.54, 1.807) is 71.9 Å². The minimum absolute atomic E-state index is 0.0669. The van der Waals surface area contributed by atoms with Crippen molar-refractivity contribution in [2.24, 2.45) is 35.5 Å². The first kappa shape index (κ1) is 53.3. The second kappa shape index (κ2) is 22.7. The van der Waals surface area contributed by atoms with Gasteiger partial charge in [0.25, 0.3) is 0 Å². The molecule has 4 N–H and O–H groups in total. The van der Waals surface area contributed by atoms with Gasteiger partial charge in [0.1, 0.15) is 40.3 Å². The van der Waals surface area contributed by atoms with Gasteiger partial charge in [0.15, 0.2) is 0 Å². The zero-order valence-electron chi connectivity index (χ0n) is 39.7. The number of aliphatic hydroxyl groups excluding tert-OH is 3. The number of ether oxygens (including phenoxy) is 4. The maximum atomic E-state index is 14.6. The summed E-state index contributed by atoms with van der Waals surface area (Å²) in [7, 11) is 1.45. The van der Waals surface area contributed by atoms with Crippen LogP contribution in [0.2, 0.25) is 0 Å². The fourth-order valence-electron chi connectivity index (χ4n) is 8.05. The Morgan fingerprint density at radius 1 is 1.10 bits per heavy atom. The molecule has 2 aliphatic heterocycles. The number of cyclic esters (lactones) is 1. The van der Waals surface area contributed by atoms with Crippen LogP contribution in [0, 0.1) is 35.5 Å². The minimum atomic E-state index is -1.75. The van der Waals surface area contributed by atoms with Crippen molar-refractivity contribution in [2.45, 2.75) is 182 Å². The van der Waals surface area contributed by atoms with Crippen molar-refractivity contribution < 1.29 is 53.8 Å². The first-order valence-corrected chi connectivity index (χ1v) is 23.3. The molecular weight excluding hydrogens is 811 g/mol. The Hall–Kier alpha value is -3.04. The second-order valence-corrected chi connectivity index (χ2v) is 19.9. The van der Waals surface area contributed by atoms with Gasteiger partial charge in [0, 0.05) is 36.7 Å². The Labute approximate surface area is 374 Å². The van der Waals surface area contributed by atoms with Crippen LogP contribution in [0.1, 0.15) is 133 Å². The Balaban J connectivity index is 2.09. The molecule has 1 fully saturated rings. The number of epoxide rings is 1. The van der Waals surface area contributed by atoms with Crippen molar-refractivity contribution in [3.63, 3.8) is 0 Å². The molecule has 13 heteroatoms. The number of hydrogen-bond acceptors (Lipinski definition) is 13. The standard InChI is InChI=1S/C49H77NO11S/c1-15-30(4)44(55)61-48(12)23-22-28(2)25-38(51)35(9)39(52)31(5)18-16-19-32(6)40(53)41(54)42(58-14)33(7)20-17-21-34(8)43(59-46(48)56)47(11,57)26-29(3)24-37-27-62-45(50-37)49(13)36(10)60-49/h16-18,20-21,26-28,30-32,34-36,38,40-43,51,53-54,57H,15,19,22-25H2,1-14H3/t28-,30+,31+,32-,34+,35-,36+,38-,40+,41+,42+,43?,47+,48-,49-/m0/s1. The summed E-state index contributed by atoms with van der Waals surface area (Å²) in [6.45, 7) is 23.4. The maximum absolute atomic E-state index is 14.6. The Morgan fingerprint density at radius 3 is 2.34 bits per heavy atom. The van der Waals surface area contributed by atoms with Gasteiger partial charge in [0.2, 0.25) is 5.60 Å². The minimum Gasteiger partial charge on any atom is -0.455 e. The van der Waals surface area contributed by atoms with E-state index in [1.165, 1.54) is 25.4 Å². The van der Waals surface area contributed by atoms with Crippen molar-refractivity contribution in [2.75, 3.05) is 7.11 Å². The number of methoxy groups -OCH3 is 1. The number of aliphatic hydroxyl groups is 4. The van der Waals surface area contributed by atoms with E-state index < -0.39 is 82.9 Å². The zero-order chi connectivity index (χ0) is 46.9. The molecule has 3 rings (SSSR count). The van der Waals surface area contributed by atoms with Crippen LogP contribution in [0.15, 0.2) is 53.0 Å². The molecule has 2 aliphatic rings. The molecule has 0 bridgehead atoms. The molecule has 15 atom stereocenters. The zero-order valence-corrected chi connectivity index (χ0v) is 40.5. The van der Waals surface area contributed by atoms with Crippen molar-refractivity contribution in [1.82, 2.24) is 4.98 Å². The summed E-state index contributed by atoms with van der Waals surface area (Å²) >= 11 is 1.53. The van der Waals surface area contributed by atoms with E-state index >= 15 is 0 Å². The fourth-order valence-corrected chi connectivity index (χ4v) is 9.06. The van der Waals surface area contributed by atoms with Crippen LogP contribution in [0.3, 0.4) is 0 Å². The lowest BCUT2D eigenvalue weighted by Gasteiger charge is -2.37. The van der Waals surface area contributed by atoms with Crippen molar-refractivity contribution >= 4 is 29.1 Å². The number of esters is 2. The molecule has 12 nitrogen and oxygen atoms in total. The highest BCUT2D eigenvalue weighted by molar-refractivity contribution is 7.09. The predicted molar refractivity (Wildman–Crippen MR) is 242 cm³/mol. The van der Waals surface area contributed by atoms with Gasteiger partial charge in [-0.2, -0.15) is 0 Å². The van der Waals surface area contributed by atoms with Gasteiger partial charge in [-0.3, -0.25) is 9.59 Å². The number of carbonyl (C=O) groups excluding carboxylic acids is 3. The first-order chi connectivity index (χ1) is 28.8. The Morgan fingerprint density at radius 2 is 1.74 bits per heavy atom. The second-order valence-electron chi connectivity index (χ2n) is 19.1. The van der Waals surface area contributed by atoms with Gasteiger partial charge in [0.05, 0.1) is 29.9 Å². The summed E-state index contributed by atoms with van der Waals surface area (Å²) in [6.07, 6.45) is 7.16. The van der Waals surface area contributed by atoms with E-state index in [9.17, 15) is 34.8 Å². The van der Waals surface area contributed by atoms with Crippen molar-refractivity contribution in [1.29, 1.82) is 0 Å². The molecule has 0 amide bonds. The van der Waals surface area contributed by atoms with Gasteiger partial charge in [-0.1, -0.05) is 90.5 Å². The third-order valence-electron chi connectivity index (χ3n) is 13.1. The lowest BCUT2D eigenvalue weighted by atomic mass is 9.84. The molecular formula is C49H77NO11S. The van der Waals surface area contributed by atoms with Crippen LogP contribution in [-0.2, 0) is 45.4 Å². The molecule has 1 saturated heterocycles. The molecule has 0 radical (unpaired) electrons. The van der Waals surface area contributed by atoms with Crippen LogP contribution in [0.4, 0.5) is 0 Å². The average molecular weight is 888 g/mol. The third kappa shape index (κ3) is 14.0. The van der Waals surface area contributed by atoms with E-state index in [0.717, 1.165) is 16.3 Å². The van der Waals surface area contributed by atoms with Crippen molar-refractivity contribution in [3.8, 4) is 0 Å². The molecule has 3 heterocycles. The summed E-state index contributed by atoms with van der Waals surface area (Å²) in [5.41, 5.74) is -1.66. The largest absolute Gasteiger partial charge is 0.455 e. The molecule has 1 aromatic heterocycles. The van der Waals surface area contributed by atoms with Gasteiger partial charge in [-0.05, 0) is 91.1 Å². The normalized spacial score (nSPS) is 36.8. The highest BCUT2D eigenvalue weighted by atomic mass is 32.1. The Bertz CT molecular complexity index is 1780. The number of ketones is 1. The SMILES string of the molecule is CC[C@@H](C)C(=O)O[C@@]1(C)CC[C@H](C)C[C@H](O)[C@H](C)C(=O)[C@H](C)C=CC[C@H](C)[C@@H](O)[C@@H](O)[C@H](OC)C(C)=CC=C[C@@H](C)C([C@](C)(O)C=C(C)Cc2csc([C@@]3(C)O[C@@H]3C)n2)OC1=O. The highest BCUT2D eigenvalue weighted by Gasteiger charge is 2.53. The number of rotatable bonds is 9. The van der Waals surface area contributed by atoms with Gasteiger partial charge < -0.3 is 39.4 Å². The molecule has 0 saturated carbocycles. The first-order valence-electron chi connectivity index (χ1n) is 22.4. The summed E-state index contributed by atoms with van der Waals surface area (Å²) < 4.78 is 23.8. The quantitative estimate of drug-likeness (QED) is 0.108. The monoisotopic (exact) mass is 888 g/mol. The van der Waals surface area contributed by atoms with Gasteiger partial charge >= 0.3 is 11.9 Å². The molecule has 0 spiro atoms. The van der Waals surface area contributed by atoms with E-state index in [4.69, 9.17) is 23.9 Å². The summed E-state index contributed by atoms with van der Waals surface area (Å²) in [4.78, 5) is 46.2. The average Bonchev–Trinajstić information content (AvgIpc) is 3.56. The third-order valence-corrected chi connectivity index (χ3v) is 14.2. The lowest BCUT2D eigenvalue weighted by Crippen LogP contribution is -2.50. The number of aromatic nitrogens is 1. The number of nitrogens with zero attached hydrogens (tertiary/aromatic N) is 1. The molecule has 0 aromatic carbocycles. The van der Waals surface area contributed by atoms with Crippen LogP contribution in [0.5, 0.6) is 0 Å². The van der Waals surface area contributed by atoms with E-state index in [-0.39, 0.29) is 36.6 Å². The summed E-state index contributed by atoms with van der Waals surface area (Å²) in [5.74, 6) is -4.37. The highest BCUT2D eigenvalue weighted by Crippen LogP contribution is 2.46.